The third kappa shape index (κ3) is 4.79. The Bertz CT molecular complexity index is 754. The van der Waals surface area contributed by atoms with Crippen LogP contribution in [0, 0.1) is 0 Å². The summed E-state index contributed by atoms with van der Waals surface area (Å²) in [6.45, 7) is 0.177. The first kappa shape index (κ1) is 18.4. The highest BCUT2D eigenvalue weighted by molar-refractivity contribution is 5.94. The van der Waals surface area contributed by atoms with Gasteiger partial charge < -0.3 is 10.2 Å². The molecule has 25 heavy (non-hydrogen) atoms. The molecule has 0 aliphatic heterocycles. The summed E-state index contributed by atoms with van der Waals surface area (Å²) < 4.78 is 37.3. The van der Waals surface area contributed by atoms with Crippen LogP contribution < -0.4 is 5.32 Å². The van der Waals surface area contributed by atoms with E-state index in [0.717, 1.165) is 23.9 Å². The van der Waals surface area contributed by atoms with Crippen LogP contribution in [0.3, 0.4) is 0 Å². The molecule has 8 heteroatoms. The summed E-state index contributed by atoms with van der Waals surface area (Å²) in [5.41, 5.74) is 0.258. The van der Waals surface area contributed by atoms with Crippen molar-refractivity contribution in [1.82, 2.24) is 15.2 Å². The number of amides is 2. The van der Waals surface area contributed by atoms with Crippen LogP contribution in [0.4, 0.5) is 13.2 Å². The second kappa shape index (κ2) is 7.33. The van der Waals surface area contributed by atoms with Crippen molar-refractivity contribution in [2.24, 2.45) is 0 Å². The lowest BCUT2D eigenvalue weighted by Gasteiger charge is -2.11. The third-order valence-electron chi connectivity index (χ3n) is 3.38. The summed E-state index contributed by atoms with van der Waals surface area (Å²) in [4.78, 5) is 28.4. The summed E-state index contributed by atoms with van der Waals surface area (Å²) in [5, 5.41) is 2.59. The maximum absolute atomic E-state index is 12.4. The number of nitrogens with one attached hydrogen (secondary N) is 1. The second-order valence-corrected chi connectivity index (χ2v) is 5.51. The van der Waals surface area contributed by atoms with Crippen molar-refractivity contribution >= 4 is 11.8 Å². The first-order valence-corrected chi connectivity index (χ1v) is 7.30. The third-order valence-corrected chi connectivity index (χ3v) is 3.38. The minimum Gasteiger partial charge on any atom is -0.348 e. The van der Waals surface area contributed by atoms with Gasteiger partial charge in [0.05, 0.1) is 5.56 Å². The van der Waals surface area contributed by atoms with Crippen LogP contribution in [0.2, 0.25) is 0 Å². The van der Waals surface area contributed by atoms with Gasteiger partial charge in [0.2, 0.25) is 0 Å². The molecule has 132 valence electrons. The zero-order chi connectivity index (χ0) is 18.6. The van der Waals surface area contributed by atoms with Crippen LogP contribution in [0.15, 0.2) is 42.6 Å². The number of carbonyl (C=O) groups is 2. The number of nitrogens with zero attached hydrogens (tertiary/aromatic N) is 2. The predicted molar refractivity (Wildman–Crippen MR) is 84.9 cm³/mol. The summed E-state index contributed by atoms with van der Waals surface area (Å²) in [6, 6.07) is 8.51. The molecule has 0 aliphatic rings. The number of aromatic nitrogens is 1. The lowest BCUT2D eigenvalue weighted by atomic mass is 10.1. The SMILES string of the molecule is CN(C)C(=O)c1ccc(CNC(=O)c2ccc(C(F)(F)F)nc2)cc1. The van der Waals surface area contributed by atoms with Crippen molar-refractivity contribution in [3.8, 4) is 0 Å². The number of carbonyl (C=O) groups excluding carboxylic acids is 2. The standard InChI is InChI=1S/C17H16F3N3O2/c1-23(2)16(25)12-5-3-11(4-6-12)9-22-15(24)13-7-8-14(21-10-13)17(18,19)20/h3-8,10H,9H2,1-2H3,(H,22,24). The maximum atomic E-state index is 12.4. The molecule has 2 aromatic rings. The van der Waals surface area contributed by atoms with E-state index in [2.05, 4.69) is 10.3 Å². The quantitative estimate of drug-likeness (QED) is 0.921. The molecule has 2 amide bonds. The fraction of sp³-hybridized carbons (Fsp3) is 0.235. The lowest BCUT2D eigenvalue weighted by molar-refractivity contribution is -0.141. The highest BCUT2D eigenvalue weighted by atomic mass is 19.4. The first-order valence-electron chi connectivity index (χ1n) is 7.30. The summed E-state index contributed by atoms with van der Waals surface area (Å²) in [5.74, 6) is -0.666. The Morgan fingerprint density at radius 2 is 1.64 bits per heavy atom. The molecular formula is C17H16F3N3O2. The molecule has 0 fully saturated rings. The molecule has 0 bridgehead atoms. The van der Waals surface area contributed by atoms with E-state index in [4.69, 9.17) is 0 Å². The molecule has 1 heterocycles. The van der Waals surface area contributed by atoms with Gasteiger partial charge in [0.15, 0.2) is 0 Å². The van der Waals surface area contributed by atoms with Gasteiger partial charge in [-0.2, -0.15) is 13.2 Å². The number of pyridine rings is 1. The topological polar surface area (TPSA) is 62.3 Å². The molecule has 0 aliphatic carbocycles. The van der Waals surface area contributed by atoms with Gasteiger partial charge in [0.1, 0.15) is 5.69 Å². The monoisotopic (exact) mass is 351 g/mol. The minimum absolute atomic E-state index is 0.0346. The van der Waals surface area contributed by atoms with Crippen LogP contribution >= 0.6 is 0 Å². The van der Waals surface area contributed by atoms with Crippen molar-refractivity contribution in [2.75, 3.05) is 14.1 Å². The Hall–Kier alpha value is -2.90. The number of hydrogen-bond acceptors (Lipinski definition) is 3. The maximum Gasteiger partial charge on any atom is 0.433 e. The van der Waals surface area contributed by atoms with Gasteiger partial charge >= 0.3 is 6.18 Å². The molecule has 0 saturated heterocycles. The van der Waals surface area contributed by atoms with Crippen LogP contribution in [0.5, 0.6) is 0 Å². The molecular weight excluding hydrogens is 335 g/mol. The Morgan fingerprint density at radius 3 is 2.12 bits per heavy atom. The second-order valence-electron chi connectivity index (χ2n) is 5.51. The smallest absolute Gasteiger partial charge is 0.348 e. The number of rotatable bonds is 4. The van der Waals surface area contributed by atoms with Crippen molar-refractivity contribution in [3.05, 3.63) is 65.0 Å². The number of halogens is 3. The predicted octanol–water partition coefficient (Wildman–Crippen LogP) is 2.73. The molecule has 5 nitrogen and oxygen atoms in total. The van der Waals surface area contributed by atoms with Crippen LogP contribution in [0.1, 0.15) is 32.0 Å². The van der Waals surface area contributed by atoms with Crippen molar-refractivity contribution in [2.45, 2.75) is 12.7 Å². The van der Waals surface area contributed by atoms with Gasteiger partial charge in [-0.25, -0.2) is 0 Å². The Balaban J connectivity index is 1.97. The average molecular weight is 351 g/mol. The summed E-state index contributed by atoms with van der Waals surface area (Å²) in [7, 11) is 3.29. The van der Waals surface area contributed by atoms with E-state index < -0.39 is 17.8 Å². The number of hydrogen-bond donors (Lipinski definition) is 1. The molecule has 0 spiro atoms. The van der Waals surface area contributed by atoms with Crippen molar-refractivity contribution < 1.29 is 22.8 Å². The zero-order valence-electron chi connectivity index (χ0n) is 13.6. The van der Waals surface area contributed by atoms with E-state index >= 15 is 0 Å². The molecule has 1 aromatic heterocycles. The van der Waals surface area contributed by atoms with Crippen LogP contribution in [-0.4, -0.2) is 35.8 Å². The van der Waals surface area contributed by atoms with Gasteiger partial charge in [-0.3, -0.25) is 14.6 Å². The Kier molecular flexibility index (Phi) is 5.41. The number of alkyl halides is 3. The van der Waals surface area contributed by atoms with E-state index in [9.17, 15) is 22.8 Å². The van der Waals surface area contributed by atoms with E-state index in [1.54, 1.807) is 38.4 Å². The van der Waals surface area contributed by atoms with E-state index in [-0.39, 0.29) is 18.0 Å². The van der Waals surface area contributed by atoms with E-state index in [0.29, 0.717) is 5.56 Å². The fourth-order valence-electron chi connectivity index (χ4n) is 2.00. The Labute approximate surface area is 142 Å². The largest absolute Gasteiger partial charge is 0.433 e. The van der Waals surface area contributed by atoms with Crippen LogP contribution in [0.25, 0.3) is 0 Å². The average Bonchev–Trinajstić information content (AvgIpc) is 2.58. The summed E-state index contributed by atoms with van der Waals surface area (Å²) in [6.07, 6.45) is -3.66. The van der Waals surface area contributed by atoms with Gasteiger partial charge in [-0.05, 0) is 29.8 Å². The molecule has 0 saturated carbocycles. The number of benzene rings is 1. The summed E-state index contributed by atoms with van der Waals surface area (Å²) >= 11 is 0. The van der Waals surface area contributed by atoms with Gasteiger partial charge in [-0.1, -0.05) is 12.1 Å². The van der Waals surface area contributed by atoms with E-state index in [1.807, 2.05) is 0 Å². The molecule has 1 N–H and O–H groups in total. The van der Waals surface area contributed by atoms with Crippen molar-refractivity contribution in [1.29, 1.82) is 0 Å². The zero-order valence-corrected chi connectivity index (χ0v) is 13.6. The van der Waals surface area contributed by atoms with E-state index in [1.165, 1.54) is 4.90 Å². The molecule has 0 radical (unpaired) electrons. The fourth-order valence-corrected chi connectivity index (χ4v) is 2.00. The highest BCUT2D eigenvalue weighted by Gasteiger charge is 2.32. The van der Waals surface area contributed by atoms with Crippen molar-refractivity contribution in [3.63, 3.8) is 0 Å². The van der Waals surface area contributed by atoms with Gasteiger partial charge in [-0.15, -0.1) is 0 Å². The minimum atomic E-state index is -4.54. The lowest BCUT2D eigenvalue weighted by Crippen LogP contribution is -2.24. The Morgan fingerprint density at radius 1 is 1.04 bits per heavy atom. The molecule has 0 atom stereocenters. The van der Waals surface area contributed by atoms with Gasteiger partial charge in [0.25, 0.3) is 11.8 Å². The van der Waals surface area contributed by atoms with Gasteiger partial charge in [0, 0.05) is 32.4 Å². The van der Waals surface area contributed by atoms with Crippen LogP contribution in [-0.2, 0) is 12.7 Å². The molecule has 0 unspecified atom stereocenters. The molecule has 2 rings (SSSR count). The highest BCUT2D eigenvalue weighted by Crippen LogP contribution is 2.27. The molecule has 1 aromatic carbocycles. The first-order chi connectivity index (χ1) is 11.7. The normalized spacial score (nSPS) is 11.1.